The molecule has 0 radical (unpaired) electrons. The van der Waals surface area contributed by atoms with Gasteiger partial charge in [-0.25, -0.2) is 4.79 Å². The van der Waals surface area contributed by atoms with E-state index in [4.69, 9.17) is 0 Å². The SMILES string of the molecule is CCCn1nc(C)cc1CN(C)c1ccc(NC(=O)c2ccc(Br)cc2)cc1C(=O)O. The number of carboxylic acid groups (broad SMARTS) is 1. The second kappa shape index (κ2) is 9.78. The average Bonchev–Trinajstić information content (AvgIpc) is 3.07. The van der Waals surface area contributed by atoms with Gasteiger partial charge in [0.25, 0.3) is 5.91 Å². The van der Waals surface area contributed by atoms with Crippen LogP contribution in [0.5, 0.6) is 0 Å². The third kappa shape index (κ3) is 5.52. The highest BCUT2D eigenvalue weighted by molar-refractivity contribution is 9.10. The number of rotatable bonds is 8. The number of carbonyl (C=O) groups excluding carboxylic acids is 1. The predicted octanol–water partition coefficient (Wildman–Crippen LogP) is 4.95. The number of hydrogen-bond acceptors (Lipinski definition) is 4. The maximum Gasteiger partial charge on any atom is 0.337 e. The molecule has 0 fully saturated rings. The lowest BCUT2D eigenvalue weighted by Gasteiger charge is -2.22. The summed E-state index contributed by atoms with van der Waals surface area (Å²) in [6, 6.07) is 13.9. The second-order valence-corrected chi connectivity index (χ2v) is 8.27. The van der Waals surface area contributed by atoms with E-state index < -0.39 is 5.97 Å². The van der Waals surface area contributed by atoms with E-state index >= 15 is 0 Å². The number of anilines is 2. The number of aryl methyl sites for hydroxylation is 2. The molecule has 0 aliphatic carbocycles. The maximum atomic E-state index is 12.5. The van der Waals surface area contributed by atoms with E-state index in [2.05, 4.69) is 33.3 Å². The minimum absolute atomic E-state index is 0.120. The Bertz CT molecular complexity index is 1090. The van der Waals surface area contributed by atoms with Crippen molar-refractivity contribution in [1.82, 2.24) is 9.78 Å². The predicted molar refractivity (Wildman–Crippen MR) is 125 cm³/mol. The van der Waals surface area contributed by atoms with Crippen LogP contribution < -0.4 is 10.2 Å². The highest BCUT2D eigenvalue weighted by atomic mass is 79.9. The molecule has 1 heterocycles. The van der Waals surface area contributed by atoms with E-state index in [1.807, 2.05) is 29.6 Å². The van der Waals surface area contributed by atoms with Crippen LogP contribution in [0.4, 0.5) is 11.4 Å². The Labute approximate surface area is 189 Å². The Morgan fingerprint density at radius 1 is 1.16 bits per heavy atom. The largest absolute Gasteiger partial charge is 0.478 e. The lowest BCUT2D eigenvalue weighted by molar-refractivity contribution is 0.0697. The lowest BCUT2D eigenvalue weighted by Crippen LogP contribution is -2.22. The molecule has 0 unspecified atom stereocenters. The van der Waals surface area contributed by atoms with Gasteiger partial charge in [0, 0.05) is 29.3 Å². The number of aromatic carboxylic acids is 1. The molecule has 1 aromatic heterocycles. The fourth-order valence-corrected chi connectivity index (χ4v) is 3.65. The molecule has 8 heteroatoms. The van der Waals surface area contributed by atoms with Crippen molar-refractivity contribution in [2.24, 2.45) is 0 Å². The van der Waals surface area contributed by atoms with Crippen molar-refractivity contribution < 1.29 is 14.7 Å². The van der Waals surface area contributed by atoms with Gasteiger partial charge >= 0.3 is 5.97 Å². The molecule has 162 valence electrons. The molecule has 0 aliphatic heterocycles. The van der Waals surface area contributed by atoms with Crippen LogP contribution in [0, 0.1) is 6.92 Å². The highest BCUT2D eigenvalue weighted by Gasteiger charge is 2.17. The Kier molecular flexibility index (Phi) is 7.12. The monoisotopic (exact) mass is 484 g/mol. The smallest absolute Gasteiger partial charge is 0.337 e. The molecular formula is C23H25BrN4O3. The van der Waals surface area contributed by atoms with Crippen molar-refractivity contribution >= 4 is 39.2 Å². The van der Waals surface area contributed by atoms with Crippen LogP contribution >= 0.6 is 15.9 Å². The zero-order valence-electron chi connectivity index (χ0n) is 17.7. The normalized spacial score (nSPS) is 10.7. The van der Waals surface area contributed by atoms with Crippen LogP contribution in [-0.2, 0) is 13.1 Å². The maximum absolute atomic E-state index is 12.5. The number of hydrogen-bond donors (Lipinski definition) is 2. The van der Waals surface area contributed by atoms with Gasteiger partial charge in [-0.2, -0.15) is 5.10 Å². The third-order valence-corrected chi connectivity index (χ3v) is 5.35. The summed E-state index contributed by atoms with van der Waals surface area (Å²) < 4.78 is 2.83. The van der Waals surface area contributed by atoms with Gasteiger partial charge in [0.2, 0.25) is 0 Å². The number of benzene rings is 2. The summed E-state index contributed by atoms with van der Waals surface area (Å²) in [4.78, 5) is 26.3. The summed E-state index contributed by atoms with van der Waals surface area (Å²) in [5.41, 5.74) is 3.55. The quantitative estimate of drug-likeness (QED) is 0.472. The molecule has 7 nitrogen and oxygen atoms in total. The standard InChI is InChI=1S/C23H25BrN4O3/c1-4-11-28-19(12-15(2)26-28)14-27(3)21-10-9-18(13-20(21)23(30)31)25-22(29)16-5-7-17(24)8-6-16/h5-10,12-13H,4,11,14H2,1-3H3,(H,25,29)(H,30,31). The number of carboxylic acids is 1. The number of carbonyl (C=O) groups is 2. The summed E-state index contributed by atoms with van der Waals surface area (Å²) in [6.45, 7) is 5.37. The number of halogens is 1. The van der Waals surface area contributed by atoms with Gasteiger partial charge in [0.15, 0.2) is 0 Å². The van der Waals surface area contributed by atoms with Gasteiger partial charge in [-0.05, 0) is 61.9 Å². The van der Waals surface area contributed by atoms with E-state index in [0.717, 1.165) is 28.8 Å². The van der Waals surface area contributed by atoms with Crippen molar-refractivity contribution in [1.29, 1.82) is 0 Å². The third-order valence-electron chi connectivity index (χ3n) is 4.82. The van der Waals surface area contributed by atoms with Crippen LogP contribution in [0.15, 0.2) is 53.0 Å². The van der Waals surface area contributed by atoms with E-state index in [1.165, 1.54) is 6.07 Å². The molecule has 2 N–H and O–H groups in total. The Morgan fingerprint density at radius 3 is 2.52 bits per heavy atom. The van der Waals surface area contributed by atoms with Crippen LogP contribution in [0.2, 0.25) is 0 Å². The molecule has 3 aromatic rings. The molecule has 2 aromatic carbocycles. The van der Waals surface area contributed by atoms with Crippen LogP contribution in [-0.4, -0.2) is 33.8 Å². The van der Waals surface area contributed by atoms with Crippen molar-refractivity contribution in [3.63, 3.8) is 0 Å². The zero-order valence-corrected chi connectivity index (χ0v) is 19.3. The molecule has 0 saturated heterocycles. The molecule has 0 bridgehead atoms. The molecule has 0 atom stereocenters. The van der Waals surface area contributed by atoms with Crippen LogP contribution in [0.1, 0.15) is 45.4 Å². The first-order valence-corrected chi connectivity index (χ1v) is 10.8. The summed E-state index contributed by atoms with van der Waals surface area (Å²) in [5, 5.41) is 17.0. The van der Waals surface area contributed by atoms with Crippen LogP contribution in [0.25, 0.3) is 0 Å². The fourth-order valence-electron chi connectivity index (χ4n) is 3.38. The number of nitrogens with zero attached hydrogens (tertiary/aromatic N) is 3. The number of aromatic nitrogens is 2. The van der Waals surface area contributed by atoms with Gasteiger partial charge < -0.3 is 15.3 Å². The summed E-state index contributed by atoms with van der Waals surface area (Å²) in [6.07, 6.45) is 0.963. The minimum atomic E-state index is -1.06. The summed E-state index contributed by atoms with van der Waals surface area (Å²) in [5.74, 6) is -1.36. The number of nitrogens with one attached hydrogen (secondary N) is 1. The molecular weight excluding hydrogens is 460 g/mol. The average molecular weight is 485 g/mol. The molecule has 1 amide bonds. The van der Waals surface area contributed by atoms with Crippen molar-refractivity contribution in [3.05, 3.63) is 75.5 Å². The first-order valence-electron chi connectivity index (χ1n) is 9.97. The topological polar surface area (TPSA) is 87.5 Å². The summed E-state index contributed by atoms with van der Waals surface area (Å²) in [7, 11) is 1.85. The van der Waals surface area contributed by atoms with E-state index in [9.17, 15) is 14.7 Å². The lowest BCUT2D eigenvalue weighted by atomic mass is 10.1. The van der Waals surface area contributed by atoms with Crippen molar-refractivity contribution in [2.75, 3.05) is 17.3 Å². The Hall–Kier alpha value is -3.13. The Balaban J connectivity index is 1.82. The summed E-state index contributed by atoms with van der Waals surface area (Å²) >= 11 is 3.34. The zero-order chi connectivity index (χ0) is 22.5. The van der Waals surface area contributed by atoms with Gasteiger partial charge in [0.1, 0.15) is 0 Å². The van der Waals surface area contributed by atoms with Gasteiger partial charge in [0.05, 0.1) is 29.2 Å². The molecule has 3 rings (SSSR count). The Morgan fingerprint density at radius 2 is 1.87 bits per heavy atom. The van der Waals surface area contributed by atoms with E-state index in [0.29, 0.717) is 23.5 Å². The van der Waals surface area contributed by atoms with Crippen molar-refractivity contribution in [2.45, 2.75) is 33.4 Å². The van der Waals surface area contributed by atoms with E-state index in [-0.39, 0.29) is 11.5 Å². The van der Waals surface area contributed by atoms with Gasteiger partial charge in [-0.1, -0.05) is 22.9 Å². The molecule has 0 spiro atoms. The number of amides is 1. The molecule has 0 saturated carbocycles. The molecule has 31 heavy (non-hydrogen) atoms. The van der Waals surface area contributed by atoms with Crippen LogP contribution in [0.3, 0.4) is 0 Å². The van der Waals surface area contributed by atoms with Crippen molar-refractivity contribution in [3.8, 4) is 0 Å². The fraction of sp³-hybridized carbons (Fsp3) is 0.261. The molecule has 0 aliphatic rings. The van der Waals surface area contributed by atoms with Gasteiger partial charge in [-0.15, -0.1) is 0 Å². The van der Waals surface area contributed by atoms with E-state index in [1.54, 1.807) is 36.4 Å². The first-order chi connectivity index (χ1) is 14.8. The second-order valence-electron chi connectivity index (χ2n) is 7.35. The van der Waals surface area contributed by atoms with Gasteiger partial charge in [-0.3, -0.25) is 9.48 Å². The minimum Gasteiger partial charge on any atom is -0.478 e. The highest BCUT2D eigenvalue weighted by Crippen LogP contribution is 2.26. The first kappa shape index (κ1) is 22.6.